The molecule has 1 N–H and O–H groups in total. The number of hydrogen-bond donors (Lipinski definition) is 1. The fraction of sp³-hybridized carbons (Fsp3) is 0.455. The monoisotopic (exact) mass is 191 g/mol. The van der Waals surface area contributed by atoms with Crippen LogP contribution >= 0.6 is 0 Å². The Bertz CT molecular complexity index is 258. The minimum Gasteiger partial charge on any atom is -0.310 e. The van der Waals surface area contributed by atoms with E-state index in [9.17, 15) is 0 Å². The Morgan fingerprint density at radius 1 is 1.57 bits per heavy atom. The lowest BCUT2D eigenvalue weighted by Crippen LogP contribution is -2.20. The first-order chi connectivity index (χ1) is 6.88. The normalized spacial score (nSPS) is 12.4. The zero-order valence-corrected chi connectivity index (χ0v) is 8.61. The molecule has 14 heavy (non-hydrogen) atoms. The molecular formula is C11H17N3. The molecule has 0 aliphatic rings. The van der Waals surface area contributed by atoms with Crippen molar-refractivity contribution in [3.05, 3.63) is 36.7 Å². The Morgan fingerprint density at radius 2 is 2.43 bits per heavy atom. The summed E-state index contributed by atoms with van der Waals surface area (Å²) in [5.41, 5.74) is 1.20. The predicted octanol–water partition coefficient (Wildman–Crippen LogP) is 2.09. The Morgan fingerprint density at radius 3 is 3.00 bits per heavy atom. The van der Waals surface area contributed by atoms with Crippen LogP contribution in [0.5, 0.6) is 0 Å². The van der Waals surface area contributed by atoms with Crippen LogP contribution in [0.1, 0.15) is 31.4 Å². The molecule has 0 saturated carbocycles. The fourth-order valence-corrected chi connectivity index (χ4v) is 1.42. The highest BCUT2D eigenvalue weighted by atomic mass is 15.1. The van der Waals surface area contributed by atoms with Crippen LogP contribution in [0.2, 0.25) is 0 Å². The number of aromatic nitrogens is 2. The van der Waals surface area contributed by atoms with Crippen LogP contribution in [-0.4, -0.2) is 16.7 Å². The molecule has 76 valence electrons. The van der Waals surface area contributed by atoms with Gasteiger partial charge in [-0.25, -0.2) is 0 Å². The molecule has 1 aromatic rings. The van der Waals surface area contributed by atoms with Gasteiger partial charge in [0, 0.05) is 12.2 Å². The van der Waals surface area contributed by atoms with E-state index < -0.39 is 0 Å². The van der Waals surface area contributed by atoms with E-state index >= 15 is 0 Å². The Balaban J connectivity index is 2.62. The molecule has 1 rings (SSSR count). The molecule has 0 saturated heterocycles. The van der Waals surface area contributed by atoms with Crippen LogP contribution in [0.15, 0.2) is 31.1 Å². The lowest BCUT2D eigenvalue weighted by atomic mass is 10.0. The van der Waals surface area contributed by atoms with Crippen LogP contribution in [0.25, 0.3) is 0 Å². The molecule has 0 amide bonds. The Labute approximate surface area is 85.3 Å². The maximum atomic E-state index is 3.88. The molecule has 3 nitrogen and oxygen atoms in total. The van der Waals surface area contributed by atoms with Gasteiger partial charge in [0.2, 0.25) is 0 Å². The van der Waals surface area contributed by atoms with Gasteiger partial charge in [-0.2, -0.15) is 10.2 Å². The predicted molar refractivity (Wildman–Crippen MR) is 57.9 cm³/mol. The van der Waals surface area contributed by atoms with Gasteiger partial charge in [-0.1, -0.05) is 13.0 Å². The number of allylic oxidation sites excluding steroid dienone is 1. The Hall–Kier alpha value is -1.22. The molecule has 0 radical (unpaired) electrons. The van der Waals surface area contributed by atoms with Crippen LogP contribution in [0.4, 0.5) is 0 Å². The topological polar surface area (TPSA) is 37.8 Å². The van der Waals surface area contributed by atoms with Crippen molar-refractivity contribution in [3.63, 3.8) is 0 Å². The summed E-state index contributed by atoms with van der Waals surface area (Å²) in [6, 6.07) is 2.37. The first kappa shape index (κ1) is 10.9. The quantitative estimate of drug-likeness (QED) is 0.700. The van der Waals surface area contributed by atoms with Crippen molar-refractivity contribution < 1.29 is 0 Å². The average molecular weight is 191 g/mol. The van der Waals surface area contributed by atoms with Gasteiger partial charge in [0.1, 0.15) is 0 Å². The van der Waals surface area contributed by atoms with Crippen molar-refractivity contribution in [1.82, 2.24) is 15.5 Å². The summed E-state index contributed by atoms with van der Waals surface area (Å²) in [6.45, 7) is 6.80. The van der Waals surface area contributed by atoms with Gasteiger partial charge >= 0.3 is 0 Å². The number of rotatable bonds is 6. The van der Waals surface area contributed by atoms with E-state index in [4.69, 9.17) is 0 Å². The van der Waals surface area contributed by atoms with Crippen LogP contribution in [-0.2, 0) is 0 Å². The molecule has 3 heteroatoms. The summed E-state index contributed by atoms with van der Waals surface area (Å²) < 4.78 is 0. The average Bonchev–Trinajstić information content (AvgIpc) is 2.25. The zero-order valence-electron chi connectivity index (χ0n) is 8.61. The van der Waals surface area contributed by atoms with E-state index in [0.29, 0.717) is 6.04 Å². The first-order valence-corrected chi connectivity index (χ1v) is 4.99. The molecule has 0 aliphatic carbocycles. The minimum atomic E-state index is 0.369. The largest absolute Gasteiger partial charge is 0.310 e. The van der Waals surface area contributed by atoms with Crippen molar-refractivity contribution in [1.29, 1.82) is 0 Å². The molecule has 0 aliphatic heterocycles. The fourth-order valence-electron chi connectivity index (χ4n) is 1.42. The number of nitrogens with one attached hydrogen (secondary N) is 1. The summed E-state index contributed by atoms with van der Waals surface area (Å²) in [5.74, 6) is 0. The third kappa shape index (κ3) is 3.26. The van der Waals surface area contributed by atoms with Crippen LogP contribution < -0.4 is 5.32 Å². The third-order valence-corrected chi connectivity index (χ3v) is 2.12. The van der Waals surface area contributed by atoms with Crippen molar-refractivity contribution in [2.24, 2.45) is 0 Å². The second-order valence-corrected chi connectivity index (χ2v) is 3.15. The van der Waals surface area contributed by atoms with Gasteiger partial charge in [-0.3, -0.25) is 0 Å². The first-order valence-electron chi connectivity index (χ1n) is 4.99. The lowest BCUT2D eigenvalue weighted by molar-refractivity contribution is 0.517. The second kappa shape index (κ2) is 6.27. The highest BCUT2D eigenvalue weighted by molar-refractivity contribution is 5.11. The van der Waals surface area contributed by atoms with Crippen molar-refractivity contribution in [3.8, 4) is 0 Å². The van der Waals surface area contributed by atoms with Gasteiger partial charge in [-0.05, 0) is 31.0 Å². The van der Waals surface area contributed by atoms with E-state index in [1.54, 1.807) is 6.20 Å². The highest BCUT2D eigenvalue weighted by Gasteiger charge is 2.08. The van der Waals surface area contributed by atoms with E-state index in [-0.39, 0.29) is 0 Å². The maximum absolute atomic E-state index is 3.88. The molecule has 1 atom stereocenters. The Kier molecular flexibility index (Phi) is 4.86. The van der Waals surface area contributed by atoms with Crippen molar-refractivity contribution >= 4 is 0 Å². The summed E-state index contributed by atoms with van der Waals surface area (Å²) in [7, 11) is 0. The van der Waals surface area contributed by atoms with E-state index in [1.807, 2.05) is 18.3 Å². The number of nitrogens with zero attached hydrogens (tertiary/aromatic N) is 2. The molecule has 0 fully saturated rings. The molecule has 0 bridgehead atoms. The molecule has 1 aromatic heterocycles. The number of hydrogen-bond acceptors (Lipinski definition) is 3. The van der Waals surface area contributed by atoms with Crippen LogP contribution in [0.3, 0.4) is 0 Å². The van der Waals surface area contributed by atoms with Crippen LogP contribution in [0, 0.1) is 0 Å². The van der Waals surface area contributed by atoms with Gasteiger partial charge in [0.25, 0.3) is 0 Å². The zero-order chi connectivity index (χ0) is 10.2. The lowest BCUT2D eigenvalue weighted by Gasteiger charge is -2.16. The standard InChI is InChI=1S/C11H17N3/c1-3-5-6-11(12-4-2)10-7-8-13-14-9-10/h3,7-9,11-12H,1,4-6H2,2H3. The summed E-state index contributed by atoms with van der Waals surface area (Å²) >= 11 is 0. The highest BCUT2D eigenvalue weighted by Crippen LogP contribution is 2.16. The molecule has 0 aromatic carbocycles. The van der Waals surface area contributed by atoms with Gasteiger partial charge in [0.05, 0.1) is 6.20 Å². The summed E-state index contributed by atoms with van der Waals surface area (Å²) in [4.78, 5) is 0. The molecule has 1 unspecified atom stereocenters. The third-order valence-electron chi connectivity index (χ3n) is 2.12. The van der Waals surface area contributed by atoms with E-state index in [0.717, 1.165) is 19.4 Å². The van der Waals surface area contributed by atoms with Crippen molar-refractivity contribution in [2.75, 3.05) is 6.54 Å². The second-order valence-electron chi connectivity index (χ2n) is 3.15. The van der Waals surface area contributed by atoms with E-state index in [1.165, 1.54) is 5.56 Å². The maximum Gasteiger partial charge on any atom is 0.0544 e. The van der Waals surface area contributed by atoms with E-state index in [2.05, 4.69) is 29.0 Å². The summed E-state index contributed by atoms with van der Waals surface area (Å²) in [6.07, 6.45) is 7.56. The van der Waals surface area contributed by atoms with Crippen molar-refractivity contribution in [2.45, 2.75) is 25.8 Å². The molecular weight excluding hydrogens is 174 g/mol. The van der Waals surface area contributed by atoms with Gasteiger partial charge < -0.3 is 5.32 Å². The smallest absolute Gasteiger partial charge is 0.0544 e. The SMILES string of the molecule is C=CCCC(NCC)c1ccnnc1. The summed E-state index contributed by atoms with van der Waals surface area (Å²) in [5, 5.41) is 11.1. The molecule has 1 heterocycles. The molecule has 0 spiro atoms. The minimum absolute atomic E-state index is 0.369. The van der Waals surface area contributed by atoms with Gasteiger partial charge in [0.15, 0.2) is 0 Å². The van der Waals surface area contributed by atoms with Gasteiger partial charge in [-0.15, -0.1) is 6.58 Å².